The molecule has 0 atom stereocenters. The van der Waals surface area contributed by atoms with Crippen molar-refractivity contribution in [3.05, 3.63) is 77.6 Å². The number of anilines is 3. The first kappa shape index (κ1) is 20.8. The molecular formula is C23H16ClN7O. The topological polar surface area (TPSA) is 122 Å². The second-order valence-corrected chi connectivity index (χ2v) is 6.95. The van der Waals surface area contributed by atoms with Gasteiger partial charge in [0.2, 0.25) is 11.8 Å². The number of rotatable bonds is 6. The van der Waals surface area contributed by atoms with Gasteiger partial charge >= 0.3 is 0 Å². The first-order chi connectivity index (χ1) is 15.6. The van der Waals surface area contributed by atoms with Gasteiger partial charge in [-0.1, -0.05) is 17.7 Å². The molecule has 4 rings (SSSR count). The number of aromatic nitrogens is 3. The Hall–Kier alpha value is -4.48. The quantitative estimate of drug-likeness (QED) is 0.378. The van der Waals surface area contributed by atoms with E-state index in [0.717, 1.165) is 11.1 Å². The van der Waals surface area contributed by atoms with E-state index in [9.17, 15) is 0 Å². The van der Waals surface area contributed by atoms with Gasteiger partial charge in [-0.05, 0) is 66.4 Å². The lowest BCUT2D eigenvalue weighted by atomic mass is 10.1. The minimum Gasteiger partial charge on any atom is -0.435 e. The predicted molar refractivity (Wildman–Crippen MR) is 125 cm³/mol. The molecule has 0 spiro atoms. The van der Waals surface area contributed by atoms with Crippen molar-refractivity contribution in [3.63, 3.8) is 0 Å². The molecule has 0 saturated carbocycles. The minimum atomic E-state index is 0.0807. The Morgan fingerprint density at radius 1 is 1.03 bits per heavy atom. The Bertz CT molecular complexity index is 1320. The number of halogens is 1. The van der Waals surface area contributed by atoms with Gasteiger partial charge < -0.3 is 15.8 Å². The summed E-state index contributed by atoms with van der Waals surface area (Å²) in [6.45, 7) is 3.50. The van der Waals surface area contributed by atoms with Crippen molar-refractivity contribution in [2.24, 2.45) is 4.99 Å². The molecule has 0 aliphatic rings. The van der Waals surface area contributed by atoms with Crippen molar-refractivity contribution in [1.82, 2.24) is 15.0 Å². The molecule has 2 heterocycles. The molecule has 0 bridgehead atoms. The van der Waals surface area contributed by atoms with E-state index < -0.39 is 0 Å². The van der Waals surface area contributed by atoms with Crippen LogP contribution in [0.3, 0.4) is 0 Å². The number of benzene rings is 2. The summed E-state index contributed by atoms with van der Waals surface area (Å²) in [6, 6.07) is 18.0. The number of aliphatic imine (C=N–C) groups is 1. The largest absolute Gasteiger partial charge is 0.435 e. The number of nitrogen functional groups attached to an aromatic ring is 1. The number of nitrogens with zero attached hydrogens (tertiary/aromatic N) is 5. The standard InChI is InChI=1S/C23H16ClN7O/c1-27-21-20(26)22(31-23(30-21)29-17-5-2-14(13-25)3-6-17)32-19-7-4-16(12-18(19)24)15-8-10-28-11-9-15/h2-12H,1,26H2,(H,29,30,31). The number of hydrogen-bond donors (Lipinski definition) is 2. The SMILES string of the molecule is C=Nc1nc(Nc2ccc(C#N)cc2)nc(Oc2ccc(-c3ccncc3)cc2Cl)c1N. The van der Waals surface area contributed by atoms with Crippen molar-refractivity contribution < 1.29 is 4.74 Å². The van der Waals surface area contributed by atoms with E-state index in [0.29, 0.717) is 22.0 Å². The van der Waals surface area contributed by atoms with E-state index in [2.05, 4.69) is 38.0 Å². The highest BCUT2D eigenvalue weighted by atomic mass is 35.5. The van der Waals surface area contributed by atoms with Crippen molar-refractivity contribution in [2.75, 3.05) is 11.1 Å². The Morgan fingerprint density at radius 2 is 1.78 bits per heavy atom. The Labute approximate surface area is 189 Å². The Kier molecular flexibility index (Phi) is 5.92. The maximum absolute atomic E-state index is 8.94. The summed E-state index contributed by atoms with van der Waals surface area (Å²) in [5.41, 5.74) is 9.34. The predicted octanol–water partition coefficient (Wildman–Crippen LogP) is 5.51. The average molecular weight is 442 g/mol. The monoisotopic (exact) mass is 441 g/mol. The van der Waals surface area contributed by atoms with Gasteiger partial charge in [-0.25, -0.2) is 4.99 Å². The second kappa shape index (κ2) is 9.12. The first-order valence-electron chi connectivity index (χ1n) is 9.36. The van der Waals surface area contributed by atoms with Gasteiger partial charge in [0, 0.05) is 18.1 Å². The van der Waals surface area contributed by atoms with Crippen LogP contribution in [0.5, 0.6) is 11.6 Å². The maximum atomic E-state index is 8.94. The second-order valence-electron chi connectivity index (χ2n) is 6.55. The normalized spacial score (nSPS) is 10.2. The summed E-state index contributed by atoms with van der Waals surface area (Å²) in [6.07, 6.45) is 3.42. The molecule has 2 aromatic heterocycles. The van der Waals surface area contributed by atoms with E-state index in [1.54, 1.807) is 48.8 Å². The molecule has 0 unspecified atom stereocenters. The molecular weight excluding hydrogens is 426 g/mol. The van der Waals surface area contributed by atoms with Crippen LogP contribution in [-0.4, -0.2) is 21.7 Å². The summed E-state index contributed by atoms with van der Waals surface area (Å²) in [7, 11) is 0. The lowest BCUT2D eigenvalue weighted by Crippen LogP contribution is -2.03. The van der Waals surface area contributed by atoms with E-state index in [1.807, 2.05) is 18.2 Å². The number of nitrogens with one attached hydrogen (secondary N) is 1. The summed E-state index contributed by atoms with van der Waals surface area (Å²) in [4.78, 5) is 16.5. The first-order valence-corrected chi connectivity index (χ1v) is 9.74. The lowest BCUT2D eigenvalue weighted by molar-refractivity contribution is 0.466. The maximum Gasteiger partial charge on any atom is 0.250 e. The van der Waals surface area contributed by atoms with Crippen molar-refractivity contribution >= 4 is 41.5 Å². The zero-order valence-corrected chi connectivity index (χ0v) is 17.4. The molecule has 0 fully saturated rings. The highest BCUT2D eigenvalue weighted by Gasteiger charge is 2.15. The number of nitriles is 1. The molecule has 0 radical (unpaired) electrons. The van der Waals surface area contributed by atoms with Crippen LogP contribution in [0.4, 0.5) is 23.1 Å². The zero-order valence-electron chi connectivity index (χ0n) is 16.7. The van der Waals surface area contributed by atoms with Gasteiger partial charge in [-0.2, -0.15) is 15.2 Å². The minimum absolute atomic E-state index is 0.0807. The summed E-state index contributed by atoms with van der Waals surface area (Å²) < 4.78 is 5.90. The molecule has 3 N–H and O–H groups in total. The molecule has 0 amide bonds. The van der Waals surface area contributed by atoms with Gasteiger partial charge in [0.05, 0.1) is 16.7 Å². The van der Waals surface area contributed by atoms with E-state index in [-0.39, 0.29) is 23.3 Å². The molecule has 0 aliphatic carbocycles. The van der Waals surface area contributed by atoms with E-state index in [1.165, 1.54) is 0 Å². The van der Waals surface area contributed by atoms with Gasteiger partial charge in [0.1, 0.15) is 11.4 Å². The van der Waals surface area contributed by atoms with Crippen LogP contribution in [0.15, 0.2) is 72.0 Å². The fraction of sp³-hybridized carbons (Fsp3) is 0. The fourth-order valence-corrected chi connectivity index (χ4v) is 3.08. The van der Waals surface area contributed by atoms with Crippen molar-refractivity contribution in [3.8, 4) is 28.8 Å². The summed E-state index contributed by atoms with van der Waals surface area (Å²) in [5, 5.41) is 12.4. The van der Waals surface area contributed by atoms with Gasteiger partial charge in [0.15, 0.2) is 5.82 Å². The van der Waals surface area contributed by atoms with Crippen LogP contribution in [0.1, 0.15) is 5.56 Å². The smallest absolute Gasteiger partial charge is 0.250 e. The highest BCUT2D eigenvalue weighted by molar-refractivity contribution is 6.32. The van der Waals surface area contributed by atoms with Gasteiger partial charge in [-0.3, -0.25) is 4.98 Å². The third-order valence-corrected chi connectivity index (χ3v) is 4.76. The number of ether oxygens (including phenoxy) is 1. The van der Waals surface area contributed by atoms with Gasteiger partial charge in [-0.15, -0.1) is 0 Å². The van der Waals surface area contributed by atoms with Crippen LogP contribution in [0.2, 0.25) is 5.02 Å². The van der Waals surface area contributed by atoms with Crippen molar-refractivity contribution in [2.45, 2.75) is 0 Å². The Balaban J connectivity index is 1.63. The molecule has 2 aromatic carbocycles. The third-order valence-electron chi connectivity index (χ3n) is 4.46. The summed E-state index contributed by atoms with van der Waals surface area (Å²) >= 11 is 6.45. The summed E-state index contributed by atoms with van der Waals surface area (Å²) in [5.74, 6) is 0.813. The van der Waals surface area contributed by atoms with E-state index >= 15 is 0 Å². The number of hydrogen-bond acceptors (Lipinski definition) is 8. The molecule has 4 aromatic rings. The zero-order chi connectivity index (χ0) is 22.5. The fourth-order valence-electron chi connectivity index (χ4n) is 2.86. The van der Waals surface area contributed by atoms with Crippen LogP contribution < -0.4 is 15.8 Å². The van der Waals surface area contributed by atoms with Crippen molar-refractivity contribution in [1.29, 1.82) is 5.26 Å². The molecule has 9 heteroatoms. The molecule has 0 aliphatic heterocycles. The van der Waals surface area contributed by atoms with E-state index in [4.69, 9.17) is 27.3 Å². The van der Waals surface area contributed by atoms with Crippen LogP contribution in [-0.2, 0) is 0 Å². The number of pyridine rings is 1. The van der Waals surface area contributed by atoms with Gasteiger partial charge in [0.25, 0.3) is 0 Å². The lowest BCUT2D eigenvalue weighted by Gasteiger charge is -2.13. The van der Waals surface area contributed by atoms with Crippen LogP contribution in [0, 0.1) is 11.3 Å². The Morgan fingerprint density at radius 3 is 2.44 bits per heavy atom. The molecule has 0 saturated heterocycles. The average Bonchev–Trinajstić information content (AvgIpc) is 2.83. The molecule has 32 heavy (non-hydrogen) atoms. The third kappa shape index (κ3) is 4.48. The highest BCUT2D eigenvalue weighted by Crippen LogP contribution is 2.37. The number of nitrogens with two attached hydrogens (primary N) is 1. The molecule has 8 nitrogen and oxygen atoms in total. The molecule has 156 valence electrons. The van der Waals surface area contributed by atoms with Crippen LogP contribution in [0.25, 0.3) is 11.1 Å². The van der Waals surface area contributed by atoms with Crippen LogP contribution >= 0.6 is 11.6 Å².